The molecule has 0 fully saturated rings. The van der Waals surface area contributed by atoms with Gasteiger partial charge in [0, 0.05) is 16.8 Å². The van der Waals surface area contributed by atoms with Crippen molar-refractivity contribution in [2.45, 2.75) is 6.10 Å². The predicted molar refractivity (Wildman–Crippen MR) is 21.3 cm³/mol. The molecule has 0 bridgehead atoms. The summed E-state index contributed by atoms with van der Waals surface area (Å²) in [6.07, 6.45) is -2.30. The number of carboxylic acid groups (broad SMARTS) is 2. The second-order valence-electron chi connectivity index (χ2n) is 1.08. The van der Waals surface area contributed by atoms with E-state index < -0.39 is 18.0 Å². The zero-order valence-corrected chi connectivity index (χ0v) is 5.11. The number of carboxylic acids is 2. The first kappa shape index (κ1) is 11.2. The van der Waals surface area contributed by atoms with Gasteiger partial charge in [-0.2, -0.15) is 0 Å². The molecule has 0 amide bonds. The fourth-order valence-electron chi connectivity index (χ4n) is 0.106. The molecule has 0 aliphatic rings. The zero-order chi connectivity index (χ0) is 6.73. The minimum atomic E-state index is -2.30. The Kier molecular flexibility index (Phi) is 5.37. The summed E-state index contributed by atoms with van der Waals surface area (Å²) in [5.41, 5.74) is 0. The van der Waals surface area contributed by atoms with E-state index >= 15 is 0 Å². The first-order chi connectivity index (χ1) is 3.55. The summed E-state index contributed by atoms with van der Waals surface area (Å²) < 4.78 is 0. The van der Waals surface area contributed by atoms with E-state index in [1.165, 1.54) is 0 Å². The van der Waals surface area contributed by atoms with Crippen LogP contribution in [0.1, 0.15) is 0 Å². The molecule has 5 nitrogen and oxygen atoms in total. The molecule has 0 aliphatic carbocycles. The van der Waals surface area contributed by atoms with E-state index in [4.69, 9.17) is 15.3 Å². The van der Waals surface area contributed by atoms with Crippen LogP contribution in [0.3, 0.4) is 0 Å². The van der Waals surface area contributed by atoms with Crippen LogP contribution in [0.5, 0.6) is 0 Å². The van der Waals surface area contributed by atoms with Crippen molar-refractivity contribution >= 4 is 11.9 Å². The number of aliphatic hydroxyl groups excluding tert-OH is 1. The van der Waals surface area contributed by atoms with Crippen molar-refractivity contribution in [3.05, 3.63) is 0 Å². The van der Waals surface area contributed by atoms with Gasteiger partial charge >= 0.3 is 11.9 Å². The molecule has 0 spiro atoms. The van der Waals surface area contributed by atoms with E-state index in [0.29, 0.717) is 0 Å². The molecule has 0 atom stereocenters. The molecule has 9 heavy (non-hydrogen) atoms. The molecule has 0 unspecified atom stereocenters. The van der Waals surface area contributed by atoms with Gasteiger partial charge in [-0.25, -0.2) is 9.59 Å². The molecule has 55 valence electrons. The maximum atomic E-state index is 9.51. The fourth-order valence-corrected chi connectivity index (χ4v) is 0.106. The minimum absolute atomic E-state index is 0. The van der Waals surface area contributed by atoms with Crippen molar-refractivity contribution in [2.75, 3.05) is 0 Å². The van der Waals surface area contributed by atoms with E-state index in [0.717, 1.165) is 0 Å². The molecule has 0 rings (SSSR count). The number of aliphatic carboxylic acids is 2. The normalized spacial score (nSPS) is 8.22. The van der Waals surface area contributed by atoms with Gasteiger partial charge in [0.1, 0.15) is 0 Å². The Hall–Kier alpha value is -0.594. The molecule has 0 aromatic heterocycles. The van der Waals surface area contributed by atoms with Gasteiger partial charge in [0.15, 0.2) is 0 Å². The van der Waals surface area contributed by atoms with Crippen LogP contribution in [0.25, 0.3) is 0 Å². The average Bonchev–Trinajstić information content (AvgIpc) is 1.64. The molecule has 0 aromatic carbocycles. The molecule has 0 heterocycles. The van der Waals surface area contributed by atoms with Crippen LogP contribution in [0, 0.1) is 0 Å². The third-order valence-electron chi connectivity index (χ3n) is 0.468. The average molecular weight is 179 g/mol. The summed E-state index contributed by atoms with van der Waals surface area (Å²) in [6.45, 7) is 0. The Morgan fingerprint density at radius 3 is 1.33 bits per heavy atom. The van der Waals surface area contributed by atoms with E-state index in [1.54, 1.807) is 0 Å². The monoisotopic (exact) mass is 179 g/mol. The van der Waals surface area contributed by atoms with E-state index in [1.807, 2.05) is 0 Å². The summed E-state index contributed by atoms with van der Waals surface area (Å²) in [7, 11) is 0. The third kappa shape index (κ3) is 3.95. The largest absolute Gasteiger partial charge is 0.479 e. The fraction of sp³-hybridized carbons (Fsp3) is 0.333. The van der Waals surface area contributed by atoms with Crippen molar-refractivity contribution in [3.63, 3.8) is 0 Å². The number of hydrogen-bond donors (Lipinski definition) is 3. The van der Waals surface area contributed by atoms with E-state index in [-0.39, 0.29) is 16.8 Å². The molecule has 0 aliphatic heterocycles. The summed E-state index contributed by atoms with van der Waals surface area (Å²) in [5.74, 6) is -3.50. The standard InChI is InChI=1S/C3H4O5.Co/c4-1(2(5)6)3(7)8;/h1,4H,(H,5,6)(H,7,8);. The molecule has 0 saturated carbocycles. The molecule has 6 heteroatoms. The van der Waals surface area contributed by atoms with E-state index in [9.17, 15) is 9.59 Å². The summed E-state index contributed by atoms with van der Waals surface area (Å²) in [6, 6.07) is 0. The van der Waals surface area contributed by atoms with Crippen LogP contribution in [0.2, 0.25) is 0 Å². The quantitative estimate of drug-likeness (QED) is 0.449. The summed E-state index contributed by atoms with van der Waals surface area (Å²) >= 11 is 0. The maximum Gasteiger partial charge on any atom is 0.344 e. The van der Waals surface area contributed by atoms with Gasteiger partial charge < -0.3 is 15.3 Å². The minimum Gasteiger partial charge on any atom is -0.479 e. The smallest absolute Gasteiger partial charge is 0.344 e. The Morgan fingerprint density at radius 1 is 1.11 bits per heavy atom. The first-order valence-electron chi connectivity index (χ1n) is 1.69. The molecule has 0 aromatic rings. The van der Waals surface area contributed by atoms with Crippen LogP contribution in [0.15, 0.2) is 0 Å². The maximum absolute atomic E-state index is 9.51. The number of rotatable bonds is 2. The Morgan fingerprint density at radius 2 is 1.33 bits per heavy atom. The van der Waals surface area contributed by atoms with Crippen molar-refractivity contribution in [2.24, 2.45) is 0 Å². The molecular weight excluding hydrogens is 175 g/mol. The van der Waals surface area contributed by atoms with Crippen molar-refractivity contribution < 1.29 is 41.7 Å². The Labute approximate surface area is 60.5 Å². The molecule has 3 N–H and O–H groups in total. The first-order valence-corrected chi connectivity index (χ1v) is 1.69. The van der Waals surface area contributed by atoms with Gasteiger partial charge in [0.2, 0.25) is 6.10 Å². The summed E-state index contributed by atoms with van der Waals surface area (Å²) in [5, 5.41) is 23.4. The van der Waals surface area contributed by atoms with Crippen LogP contribution in [-0.2, 0) is 26.4 Å². The number of carbonyl (C=O) groups is 2. The zero-order valence-electron chi connectivity index (χ0n) is 4.07. The molecule has 0 saturated heterocycles. The Bertz CT molecular complexity index is 107. The third-order valence-corrected chi connectivity index (χ3v) is 0.468. The van der Waals surface area contributed by atoms with Gasteiger partial charge in [-0.3, -0.25) is 0 Å². The van der Waals surface area contributed by atoms with Crippen molar-refractivity contribution in [1.29, 1.82) is 0 Å². The van der Waals surface area contributed by atoms with Crippen LogP contribution in [0.4, 0.5) is 0 Å². The van der Waals surface area contributed by atoms with Crippen LogP contribution < -0.4 is 0 Å². The number of hydrogen-bond acceptors (Lipinski definition) is 3. The van der Waals surface area contributed by atoms with Gasteiger partial charge in [-0.15, -0.1) is 0 Å². The van der Waals surface area contributed by atoms with Crippen molar-refractivity contribution in [1.82, 2.24) is 0 Å². The van der Waals surface area contributed by atoms with E-state index in [2.05, 4.69) is 0 Å². The summed E-state index contributed by atoms with van der Waals surface area (Å²) in [4.78, 5) is 19.0. The second-order valence-corrected chi connectivity index (χ2v) is 1.08. The second kappa shape index (κ2) is 4.30. The Balaban J connectivity index is 0. The van der Waals surface area contributed by atoms with Crippen LogP contribution in [-0.4, -0.2) is 33.4 Å². The molecular formula is C3H4CoO5. The topological polar surface area (TPSA) is 94.8 Å². The van der Waals surface area contributed by atoms with Gasteiger partial charge in [0.25, 0.3) is 0 Å². The SMILES string of the molecule is O=C(O)C(O)C(=O)O.[Co]. The van der Waals surface area contributed by atoms with Crippen molar-refractivity contribution in [3.8, 4) is 0 Å². The van der Waals surface area contributed by atoms with Gasteiger partial charge in [-0.1, -0.05) is 0 Å². The van der Waals surface area contributed by atoms with Gasteiger partial charge in [-0.05, 0) is 0 Å². The molecule has 1 radical (unpaired) electrons. The van der Waals surface area contributed by atoms with Gasteiger partial charge in [0.05, 0.1) is 0 Å². The number of aliphatic hydroxyl groups is 1. The van der Waals surface area contributed by atoms with Crippen LogP contribution >= 0.6 is 0 Å². The predicted octanol–water partition coefficient (Wildman–Crippen LogP) is -1.49.